The Bertz CT molecular complexity index is 468. The number of ether oxygens (including phenoxy) is 1. The van der Waals surface area contributed by atoms with Gasteiger partial charge in [0.15, 0.2) is 0 Å². The third-order valence-corrected chi connectivity index (χ3v) is 2.42. The van der Waals surface area contributed by atoms with Crippen LogP contribution in [0, 0.1) is 5.82 Å². The van der Waals surface area contributed by atoms with Crippen LogP contribution >= 0.6 is 0 Å². The fraction of sp³-hybridized carbons (Fsp3) is 0.308. The van der Waals surface area contributed by atoms with E-state index in [0.717, 1.165) is 18.0 Å². The Labute approximate surface area is 100 Å². The Hall–Kier alpha value is -1.84. The van der Waals surface area contributed by atoms with E-state index in [1.165, 1.54) is 17.8 Å². The third kappa shape index (κ3) is 2.84. The Morgan fingerprint density at radius 1 is 1.47 bits per heavy atom. The van der Waals surface area contributed by atoms with Crippen LogP contribution in [0.2, 0.25) is 0 Å². The molecule has 1 aliphatic rings. The largest absolute Gasteiger partial charge is 0.492 e. The molecule has 0 radical (unpaired) electrons. The zero-order valence-electron chi connectivity index (χ0n) is 9.98. The fourth-order valence-electron chi connectivity index (χ4n) is 1.76. The number of hydrogen-bond acceptors (Lipinski definition) is 3. The van der Waals surface area contributed by atoms with E-state index in [9.17, 15) is 4.39 Å². The van der Waals surface area contributed by atoms with Crippen LogP contribution in [0.4, 0.5) is 10.1 Å². The predicted molar refractivity (Wildman–Crippen MR) is 65.0 cm³/mol. The molecular formula is C13H15FN2O. The van der Waals surface area contributed by atoms with E-state index in [1.807, 2.05) is 31.0 Å². The predicted octanol–water partition coefficient (Wildman–Crippen LogP) is 2.86. The van der Waals surface area contributed by atoms with Crippen LogP contribution in [-0.4, -0.2) is 18.1 Å². The summed E-state index contributed by atoms with van der Waals surface area (Å²) < 4.78 is 18.6. The molecule has 0 saturated carbocycles. The monoisotopic (exact) mass is 234 g/mol. The molecule has 0 aromatic carbocycles. The van der Waals surface area contributed by atoms with Crippen molar-refractivity contribution in [2.24, 2.45) is 0 Å². The van der Waals surface area contributed by atoms with Gasteiger partial charge in [0.05, 0.1) is 24.7 Å². The summed E-state index contributed by atoms with van der Waals surface area (Å²) in [6, 6.07) is 1.46. The number of nitrogens with zero attached hydrogens (tertiary/aromatic N) is 2. The van der Waals surface area contributed by atoms with Crippen molar-refractivity contribution >= 4 is 5.69 Å². The van der Waals surface area contributed by atoms with Gasteiger partial charge >= 0.3 is 0 Å². The number of allylic oxidation sites excluding steroid dienone is 1. The topological polar surface area (TPSA) is 25.4 Å². The third-order valence-electron chi connectivity index (χ3n) is 2.42. The van der Waals surface area contributed by atoms with E-state index in [1.54, 1.807) is 6.20 Å². The molecule has 1 aliphatic heterocycles. The van der Waals surface area contributed by atoms with Crippen LogP contribution in [0.15, 0.2) is 42.1 Å². The summed E-state index contributed by atoms with van der Waals surface area (Å²) >= 11 is 0. The maximum absolute atomic E-state index is 13.1. The average Bonchev–Trinajstić information content (AvgIpc) is 2.28. The molecule has 1 aromatic heterocycles. The first-order valence-electron chi connectivity index (χ1n) is 5.58. The van der Waals surface area contributed by atoms with Crippen LogP contribution in [0.25, 0.3) is 0 Å². The second-order valence-electron chi connectivity index (χ2n) is 3.94. The van der Waals surface area contributed by atoms with Crippen LogP contribution in [0.5, 0.6) is 0 Å². The average molecular weight is 234 g/mol. The minimum absolute atomic E-state index is 0.332. The van der Waals surface area contributed by atoms with Gasteiger partial charge < -0.3 is 9.64 Å². The summed E-state index contributed by atoms with van der Waals surface area (Å²) in [6.45, 7) is 5.30. The fourth-order valence-corrected chi connectivity index (χ4v) is 1.76. The van der Waals surface area contributed by atoms with Crippen molar-refractivity contribution in [2.75, 3.05) is 18.1 Å². The lowest BCUT2D eigenvalue weighted by atomic mass is 10.2. The molecule has 0 N–H and O–H groups in total. The van der Waals surface area contributed by atoms with Gasteiger partial charge in [0, 0.05) is 18.8 Å². The smallest absolute Gasteiger partial charge is 0.143 e. The van der Waals surface area contributed by atoms with E-state index in [2.05, 4.69) is 4.98 Å². The van der Waals surface area contributed by atoms with E-state index in [0.29, 0.717) is 6.61 Å². The standard InChI is InChI=1S/C13H15FN2O/c1-3-17-13-4-10(2)8-16(9-13)12-5-11(14)6-15-7-12/h4-7,9H,3,8H2,1-2H3. The lowest BCUT2D eigenvalue weighted by Crippen LogP contribution is -2.23. The number of pyridine rings is 1. The summed E-state index contributed by atoms with van der Waals surface area (Å²) in [4.78, 5) is 5.78. The van der Waals surface area contributed by atoms with E-state index < -0.39 is 0 Å². The van der Waals surface area contributed by atoms with Gasteiger partial charge in [-0.25, -0.2) is 4.39 Å². The molecule has 90 valence electrons. The SMILES string of the molecule is CCOC1=CN(c2cncc(F)c2)CC(C)=C1. The first kappa shape index (κ1) is 11.6. The first-order chi connectivity index (χ1) is 8.19. The highest BCUT2D eigenvalue weighted by Gasteiger charge is 2.12. The molecule has 0 unspecified atom stereocenters. The van der Waals surface area contributed by atoms with Crippen molar-refractivity contribution in [1.82, 2.24) is 4.98 Å². The highest BCUT2D eigenvalue weighted by atomic mass is 19.1. The molecule has 0 fully saturated rings. The van der Waals surface area contributed by atoms with Gasteiger partial charge in [-0.3, -0.25) is 4.98 Å². The Morgan fingerprint density at radius 3 is 3.00 bits per heavy atom. The minimum atomic E-state index is -0.332. The summed E-state index contributed by atoms with van der Waals surface area (Å²) in [5, 5.41) is 0. The highest BCUT2D eigenvalue weighted by Crippen LogP contribution is 2.21. The number of halogens is 1. The van der Waals surface area contributed by atoms with Crippen molar-refractivity contribution in [3.63, 3.8) is 0 Å². The van der Waals surface area contributed by atoms with Crippen LogP contribution < -0.4 is 4.90 Å². The van der Waals surface area contributed by atoms with Crippen molar-refractivity contribution in [3.8, 4) is 0 Å². The maximum atomic E-state index is 13.1. The van der Waals surface area contributed by atoms with Gasteiger partial charge in [-0.2, -0.15) is 0 Å². The summed E-state index contributed by atoms with van der Waals surface area (Å²) in [6.07, 6.45) is 6.70. The summed E-state index contributed by atoms with van der Waals surface area (Å²) in [5.74, 6) is 0.460. The number of aromatic nitrogens is 1. The van der Waals surface area contributed by atoms with Gasteiger partial charge in [0.1, 0.15) is 11.6 Å². The second kappa shape index (κ2) is 4.99. The van der Waals surface area contributed by atoms with Gasteiger partial charge in [-0.05, 0) is 25.5 Å². The molecule has 1 aromatic rings. The summed E-state index contributed by atoms with van der Waals surface area (Å²) in [7, 11) is 0. The highest BCUT2D eigenvalue weighted by molar-refractivity contribution is 5.51. The number of hydrogen-bond donors (Lipinski definition) is 0. The quantitative estimate of drug-likeness (QED) is 0.804. The van der Waals surface area contributed by atoms with E-state index in [-0.39, 0.29) is 5.82 Å². The number of anilines is 1. The van der Waals surface area contributed by atoms with Crippen LogP contribution in [0.3, 0.4) is 0 Å². The molecule has 3 nitrogen and oxygen atoms in total. The zero-order chi connectivity index (χ0) is 12.3. The molecule has 0 amide bonds. The molecule has 2 heterocycles. The summed E-state index contributed by atoms with van der Waals surface area (Å²) in [5.41, 5.74) is 1.90. The normalized spacial score (nSPS) is 15.4. The second-order valence-corrected chi connectivity index (χ2v) is 3.94. The van der Waals surface area contributed by atoms with Crippen molar-refractivity contribution in [2.45, 2.75) is 13.8 Å². The van der Waals surface area contributed by atoms with Gasteiger partial charge in [0.2, 0.25) is 0 Å². The lowest BCUT2D eigenvalue weighted by Gasteiger charge is -2.25. The molecule has 17 heavy (non-hydrogen) atoms. The van der Waals surface area contributed by atoms with Crippen LogP contribution in [0.1, 0.15) is 13.8 Å². The van der Waals surface area contributed by atoms with Gasteiger partial charge in [-0.15, -0.1) is 0 Å². The van der Waals surface area contributed by atoms with Crippen LogP contribution in [-0.2, 0) is 4.74 Å². The molecule has 0 atom stereocenters. The van der Waals surface area contributed by atoms with E-state index >= 15 is 0 Å². The zero-order valence-corrected chi connectivity index (χ0v) is 9.98. The molecule has 2 rings (SSSR count). The Morgan fingerprint density at radius 2 is 2.29 bits per heavy atom. The molecule has 0 saturated heterocycles. The molecule has 0 aliphatic carbocycles. The van der Waals surface area contributed by atoms with Gasteiger partial charge in [-0.1, -0.05) is 0 Å². The molecule has 0 spiro atoms. The Kier molecular flexibility index (Phi) is 3.42. The molecular weight excluding hydrogens is 219 g/mol. The Balaban J connectivity index is 2.25. The van der Waals surface area contributed by atoms with Crippen molar-refractivity contribution < 1.29 is 9.13 Å². The maximum Gasteiger partial charge on any atom is 0.143 e. The molecule has 0 bridgehead atoms. The number of rotatable bonds is 3. The lowest BCUT2D eigenvalue weighted by molar-refractivity contribution is 0.240. The van der Waals surface area contributed by atoms with Crippen molar-refractivity contribution in [3.05, 3.63) is 47.9 Å². The molecule has 4 heteroatoms. The first-order valence-corrected chi connectivity index (χ1v) is 5.58. The van der Waals surface area contributed by atoms with E-state index in [4.69, 9.17) is 4.74 Å². The van der Waals surface area contributed by atoms with Crippen molar-refractivity contribution in [1.29, 1.82) is 0 Å². The van der Waals surface area contributed by atoms with Gasteiger partial charge in [0.25, 0.3) is 0 Å². The minimum Gasteiger partial charge on any atom is -0.492 e.